The Morgan fingerprint density at radius 1 is 0.893 bits per heavy atom. The molecule has 0 aliphatic heterocycles. The van der Waals surface area contributed by atoms with Gasteiger partial charge in [0.2, 0.25) is 0 Å². The molecule has 5 heteroatoms. The fourth-order valence-corrected chi connectivity index (χ4v) is 4.35. The number of nitrogens with zero attached hydrogens (tertiary/aromatic N) is 1. The lowest BCUT2D eigenvalue weighted by Gasteiger charge is -2.05. The average Bonchev–Trinajstić information content (AvgIpc) is 3.09. The Bertz CT molecular complexity index is 1160. The number of carbonyl (C=O) groups excluding carboxylic acids is 1. The first kappa shape index (κ1) is 18.4. The lowest BCUT2D eigenvalue weighted by Crippen LogP contribution is -2.18. The first-order valence-electron chi connectivity index (χ1n) is 8.81. The highest BCUT2D eigenvalue weighted by Crippen LogP contribution is 2.34. The van der Waals surface area contributed by atoms with Crippen molar-refractivity contribution in [1.29, 1.82) is 0 Å². The summed E-state index contributed by atoms with van der Waals surface area (Å²) >= 11 is 7.73. The molecule has 0 saturated carbocycles. The van der Waals surface area contributed by atoms with Crippen molar-refractivity contribution < 1.29 is 4.79 Å². The molecule has 3 aromatic carbocycles. The molecule has 1 amide bonds. The topological polar surface area (TPSA) is 41.5 Å². The molecule has 0 spiro atoms. The molecule has 0 saturated heterocycles. The Morgan fingerprint density at radius 3 is 2.25 bits per heavy atom. The number of hydrogen-bond acceptors (Lipinski definition) is 3. The van der Waals surface area contributed by atoms with Crippen molar-refractivity contribution in [3.63, 3.8) is 0 Å². The van der Waals surface area contributed by atoms with Crippen LogP contribution < -0.4 is 5.43 Å². The Balaban J connectivity index is 1.51. The van der Waals surface area contributed by atoms with E-state index in [1.165, 1.54) is 11.3 Å². The summed E-state index contributed by atoms with van der Waals surface area (Å²) in [6.07, 6.45) is 0. The molecule has 1 N–H and O–H groups in total. The van der Waals surface area contributed by atoms with Crippen molar-refractivity contribution in [2.45, 2.75) is 6.92 Å². The minimum Gasteiger partial charge on any atom is -0.266 e. The van der Waals surface area contributed by atoms with Crippen LogP contribution in [0.5, 0.6) is 0 Å². The van der Waals surface area contributed by atoms with Crippen molar-refractivity contribution in [3.8, 4) is 11.1 Å². The monoisotopic (exact) mass is 404 g/mol. The van der Waals surface area contributed by atoms with E-state index < -0.39 is 0 Å². The summed E-state index contributed by atoms with van der Waals surface area (Å²) in [5, 5.41) is 5.61. The molecule has 4 aromatic rings. The zero-order valence-corrected chi connectivity index (χ0v) is 16.7. The number of benzene rings is 3. The van der Waals surface area contributed by atoms with Gasteiger partial charge in [-0.15, -0.1) is 11.3 Å². The van der Waals surface area contributed by atoms with Crippen LogP contribution in [0.25, 0.3) is 21.2 Å². The van der Waals surface area contributed by atoms with Gasteiger partial charge in [-0.25, -0.2) is 5.43 Å². The van der Waals surface area contributed by atoms with Gasteiger partial charge in [0.05, 0.1) is 10.7 Å². The third-order valence-electron chi connectivity index (χ3n) is 4.48. The van der Waals surface area contributed by atoms with E-state index in [0.29, 0.717) is 9.90 Å². The van der Waals surface area contributed by atoms with Crippen LogP contribution in [-0.2, 0) is 0 Å². The van der Waals surface area contributed by atoms with Gasteiger partial charge in [-0.1, -0.05) is 84.4 Å². The Labute approximate surface area is 172 Å². The highest BCUT2D eigenvalue weighted by atomic mass is 35.5. The smallest absolute Gasteiger partial charge is 0.266 e. The molecule has 3 nitrogen and oxygen atoms in total. The van der Waals surface area contributed by atoms with E-state index in [2.05, 4.69) is 22.7 Å². The fraction of sp³-hybridized carbons (Fsp3) is 0.0435. The second-order valence-corrected chi connectivity index (χ2v) is 7.75. The van der Waals surface area contributed by atoms with Gasteiger partial charge in [-0.05, 0) is 29.7 Å². The Kier molecular flexibility index (Phi) is 5.24. The maximum absolute atomic E-state index is 12.5. The predicted molar refractivity (Wildman–Crippen MR) is 118 cm³/mol. The molecule has 138 valence electrons. The number of rotatable bonds is 4. The highest BCUT2D eigenvalue weighted by Gasteiger charge is 2.16. The second kappa shape index (κ2) is 7.97. The molecular weight excluding hydrogens is 388 g/mol. The Morgan fingerprint density at radius 2 is 1.54 bits per heavy atom. The summed E-state index contributed by atoms with van der Waals surface area (Å²) in [6, 6.07) is 26.0. The summed E-state index contributed by atoms with van der Waals surface area (Å²) in [5.41, 5.74) is 6.59. The standard InChI is InChI=1S/C23H17ClN2OS/c1-15(16-11-13-18(14-12-16)17-7-3-2-4-8-17)25-26-23(27)22-21(24)19-9-5-6-10-20(19)28-22/h2-14H,1H3,(H,26,27)/b25-15-. The van der Waals surface area contributed by atoms with E-state index in [1.54, 1.807) is 0 Å². The first-order valence-corrected chi connectivity index (χ1v) is 10.0. The summed E-state index contributed by atoms with van der Waals surface area (Å²) in [7, 11) is 0. The SMILES string of the molecule is C/C(=N/NC(=O)c1sc2ccccc2c1Cl)c1ccc(-c2ccccc2)cc1. The minimum atomic E-state index is -0.300. The molecule has 1 heterocycles. The van der Waals surface area contributed by atoms with Crippen molar-refractivity contribution in [1.82, 2.24) is 5.43 Å². The number of hydrazone groups is 1. The van der Waals surface area contributed by atoms with Gasteiger partial charge in [0.1, 0.15) is 4.88 Å². The normalized spacial score (nSPS) is 11.6. The van der Waals surface area contributed by atoms with Crippen molar-refractivity contribution >= 4 is 44.6 Å². The molecule has 0 unspecified atom stereocenters. The molecule has 0 aliphatic rings. The predicted octanol–water partition coefficient (Wildman–Crippen LogP) is 6.38. The summed E-state index contributed by atoms with van der Waals surface area (Å²) in [4.78, 5) is 13.0. The molecular formula is C23H17ClN2OS. The van der Waals surface area contributed by atoms with Gasteiger partial charge in [-0.2, -0.15) is 5.10 Å². The maximum Gasteiger partial charge on any atom is 0.283 e. The van der Waals surface area contributed by atoms with Crippen molar-refractivity contribution in [2.75, 3.05) is 0 Å². The van der Waals surface area contributed by atoms with Crippen LogP contribution in [0, 0.1) is 0 Å². The number of thiophene rings is 1. The Hall–Kier alpha value is -2.95. The third kappa shape index (κ3) is 3.70. The largest absolute Gasteiger partial charge is 0.283 e. The molecule has 4 rings (SSSR count). The van der Waals surface area contributed by atoms with E-state index in [9.17, 15) is 4.79 Å². The van der Waals surface area contributed by atoms with E-state index in [0.717, 1.165) is 32.5 Å². The first-order chi connectivity index (χ1) is 13.6. The molecule has 0 bridgehead atoms. The van der Waals surface area contributed by atoms with Crippen LogP contribution in [0.1, 0.15) is 22.2 Å². The molecule has 1 aromatic heterocycles. The molecule has 0 fully saturated rings. The van der Waals surface area contributed by atoms with E-state index >= 15 is 0 Å². The number of amides is 1. The molecule has 28 heavy (non-hydrogen) atoms. The van der Waals surface area contributed by atoms with Crippen LogP contribution in [0.15, 0.2) is 84.0 Å². The van der Waals surface area contributed by atoms with Crippen LogP contribution >= 0.6 is 22.9 Å². The maximum atomic E-state index is 12.5. The molecule has 0 radical (unpaired) electrons. The number of fused-ring (bicyclic) bond motifs is 1. The van der Waals surface area contributed by atoms with Crippen molar-refractivity contribution in [3.05, 3.63) is 94.3 Å². The summed E-state index contributed by atoms with van der Waals surface area (Å²) < 4.78 is 0.981. The zero-order valence-electron chi connectivity index (χ0n) is 15.1. The lowest BCUT2D eigenvalue weighted by molar-refractivity contribution is 0.0959. The minimum absolute atomic E-state index is 0.300. The number of carbonyl (C=O) groups is 1. The fourth-order valence-electron chi connectivity index (χ4n) is 2.94. The van der Waals surface area contributed by atoms with E-state index in [1.807, 2.05) is 73.7 Å². The number of nitrogens with one attached hydrogen (secondary N) is 1. The van der Waals surface area contributed by atoms with Gasteiger partial charge < -0.3 is 0 Å². The van der Waals surface area contributed by atoms with Crippen LogP contribution in [-0.4, -0.2) is 11.6 Å². The van der Waals surface area contributed by atoms with Gasteiger partial charge >= 0.3 is 0 Å². The number of halogens is 1. The quantitative estimate of drug-likeness (QED) is 0.311. The molecule has 0 atom stereocenters. The third-order valence-corrected chi connectivity index (χ3v) is 6.15. The summed E-state index contributed by atoms with van der Waals surface area (Å²) in [6.45, 7) is 1.87. The molecule has 0 aliphatic carbocycles. The van der Waals surface area contributed by atoms with Gasteiger partial charge in [0.15, 0.2) is 0 Å². The van der Waals surface area contributed by atoms with Crippen LogP contribution in [0.2, 0.25) is 5.02 Å². The number of hydrogen-bond donors (Lipinski definition) is 1. The second-order valence-electron chi connectivity index (χ2n) is 6.32. The van der Waals surface area contributed by atoms with E-state index in [-0.39, 0.29) is 5.91 Å². The lowest BCUT2D eigenvalue weighted by atomic mass is 10.0. The van der Waals surface area contributed by atoms with Gasteiger partial charge in [-0.3, -0.25) is 4.79 Å². The zero-order chi connectivity index (χ0) is 19.5. The highest BCUT2D eigenvalue weighted by molar-refractivity contribution is 7.21. The average molecular weight is 405 g/mol. The van der Waals surface area contributed by atoms with Crippen molar-refractivity contribution in [2.24, 2.45) is 5.10 Å². The van der Waals surface area contributed by atoms with E-state index in [4.69, 9.17) is 11.6 Å². The van der Waals surface area contributed by atoms with Gasteiger partial charge in [0.25, 0.3) is 5.91 Å². The summed E-state index contributed by atoms with van der Waals surface area (Å²) in [5.74, 6) is -0.300. The van der Waals surface area contributed by atoms with Crippen LogP contribution in [0.3, 0.4) is 0 Å². The van der Waals surface area contributed by atoms with Gasteiger partial charge in [0, 0.05) is 10.1 Å². The van der Waals surface area contributed by atoms with Crippen LogP contribution in [0.4, 0.5) is 0 Å².